The minimum atomic E-state index is -0.479. The number of hydrazine groups is 1. The molecule has 2 aromatic heterocycles. The molecular weight excluding hydrogens is 324 g/mol. The molecule has 0 atom stereocenters. The molecule has 3 aromatic rings. The summed E-state index contributed by atoms with van der Waals surface area (Å²) in [4.78, 5) is 23.7. The molecule has 9 heteroatoms. The van der Waals surface area contributed by atoms with Crippen LogP contribution in [0.4, 0.5) is 0 Å². The van der Waals surface area contributed by atoms with E-state index in [1.54, 1.807) is 36.4 Å². The summed E-state index contributed by atoms with van der Waals surface area (Å²) in [5.74, 6) is 0.377. The number of nitrogens with zero attached hydrogens (tertiary/aromatic N) is 4. The van der Waals surface area contributed by atoms with Crippen molar-refractivity contribution in [1.82, 2.24) is 31.1 Å². The highest BCUT2D eigenvalue weighted by atomic mass is 16.3. The van der Waals surface area contributed by atoms with E-state index in [1.165, 1.54) is 23.2 Å². The van der Waals surface area contributed by atoms with Gasteiger partial charge in [0, 0.05) is 11.6 Å². The Morgan fingerprint density at radius 3 is 2.56 bits per heavy atom. The first kappa shape index (κ1) is 16.1. The van der Waals surface area contributed by atoms with Crippen molar-refractivity contribution in [3.8, 4) is 5.69 Å². The van der Waals surface area contributed by atoms with Gasteiger partial charge in [-0.25, -0.2) is 4.68 Å². The van der Waals surface area contributed by atoms with Crippen molar-refractivity contribution < 1.29 is 14.0 Å². The van der Waals surface area contributed by atoms with Gasteiger partial charge in [0.1, 0.15) is 17.8 Å². The average Bonchev–Trinajstić information content (AvgIpc) is 3.30. The number of rotatable bonds is 4. The summed E-state index contributed by atoms with van der Waals surface area (Å²) in [5.41, 5.74) is 5.71. The number of benzene rings is 1. The van der Waals surface area contributed by atoms with Crippen LogP contribution in [0.2, 0.25) is 0 Å². The molecule has 0 radical (unpaired) electrons. The molecule has 9 nitrogen and oxygen atoms in total. The first-order valence-corrected chi connectivity index (χ1v) is 7.30. The standard InChI is InChI=1S/C16H14N6O3/c1-11-2-7-14(25-11)8-9-15(23)18-19-16(24)12-3-5-13(6-4-12)22-10-17-20-21-22/h2-10H,1H3,(H,18,23)(H,19,24)/b9-8+. The zero-order valence-corrected chi connectivity index (χ0v) is 13.2. The third-order valence-electron chi connectivity index (χ3n) is 3.20. The zero-order chi connectivity index (χ0) is 17.6. The van der Waals surface area contributed by atoms with E-state index in [4.69, 9.17) is 4.42 Å². The molecule has 0 aliphatic carbocycles. The Bertz CT molecular complexity index is 896. The van der Waals surface area contributed by atoms with Crippen molar-refractivity contribution in [2.45, 2.75) is 6.92 Å². The van der Waals surface area contributed by atoms with Gasteiger partial charge in [0.15, 0.2) is 0 Å². The number of hydrogen-bond acceptors (Lipinski definition) is 6. The van der Waals surface area contributed by atoms with Crippen LogP contribution in [0.3, 0.4) is 0 Å². The fraction of sp³-hybridized carbons (Fsp3) is 0.0625. The monoisotopic (exact) mass is 338 g/mol. The summed E-state index contributed by atoms with van der Waals surface area (Å²) in [6.45, 7) is 1.81. The van der Waals surface area contributed by atoms with E-state index in [2.05, 4.69) is 26.4 Å². The van der Waals surface area contributed by atoms with Gasteiger partial charge in [0.05, 0.1) is 5.69 Å². The second kappa shape index (κ2) is 7.21. The van der Waals surface area contributed by atoms with Crippen LogP contribution < -0.4 is 10.9 Å². The van der Waals surface area contributed by atoms with Crippen molar-refractivity contribution in [2.24, 2.45) is 0 Å². The van der Waals surface area contributed by atoms with E-state index >= 15 is 0 Å². The van der Waals surface area contributed by atoms with Gasteiger partial charge in [-0.05, 0) is 59.8 Å². The lowest BCUT2D eigenvalue weighted by Crippen LogP contribution is -2.40. The molecule has 0 spiro atoms. The first-order valence-electron chi connectivity index (χ1n) is 7.30. The Balaban J connectivity index is 1.53. The number of carbonyl (C=O) groups excluding carboxylic acids is 2. The molecule has 3 rings (SSSR count). The molecule has 0 saturated carbocycles. The molecule has 1 aromatic carbocycles. The fourth-order valence-corrected chi connectivity index (χ4v) is 1.98. The van der Waals surface area contributed by atoms with Gasteiger partial charge in [-0.3, -0.25) is 20.4 Å². The molecule has 0 bridgehead atoms. The molecule has 2 heterocycles. The van der Waals surface area contributed by atoms with E-state index in [9.17, 15) is 9.59 Å². The van der Waals surface area contributed by atoms with Crippen molar-refractivity contribution in [3.05, 3.63) is 65.9 Å². The summed E-state index contributed by atoms with van der Waals surface area (Å²) in [6.07, 6.45) is 4.22. The smallest absolute Gasteiger partial charge is 0.269 e. The van der Waals surface area contributed by atoms with Crippen molar-refractivity contribution in [1.29, 1.82) is 0 Å². The predicted molar refractivity (Wildman–Crippen MR) is 87.2 cm³/mol. The first-order chi connectivity index (χ1) is 12.1. The lowest BCUT2D eigenvalue weighted by molar-refractivity contribution is -0.117. The minimum Gasteiger partial charge on any atom is -0.462 e. The van der Waals surface area contributed by atoms with E-state index in [-0.39, 0.29) is 0 Å². The largest absolute Gasteiger partial charge is 0.462 e. The normalized spacial score (nSPS) is 10.8. The van der Waals surface area contributed by atoms with Gasteiger partial charge in [0.2, 0.25) is 0 Å². The van der Waals surface area contributed by atoms with Gasteiger partial charge >= 0.3 is 0 Å². The number of carbonyl (C=O) groups is 2. The van der Waals surface area contributed by atoms with Gasteiger partial charge in [-0.1, -0.05) is 0 Å². The molecule has 2 N–H and O–H groups in total. The predicted octanol–water partition coefficient (Wildman–Crippen LogP) is 1.04. The number of aryl methyl sites for hydroxylation is 1. The van der Waals surface area contributed by atoms with E-state index < -0.39 is 11.8 Å². The maximum absolute atomic E-state index is 12.0. The molecule has 25 heavy (non-hydrogen) atoms. The highest BCUT2D eigenvalue weighted by Crippen LogP contribution is 2.08. The van der Waals surface area contributed by atoms with Gasteiger partial charge in [0.25, 0.3) is 11.8 Å². The number of aromatic nitrogens is 4. The molecule has 126 valence electrons. The van der Waals surface area contributed by atoms with Crippen LogP contribution in [0.5, 0.6) is 0 Å². The molecule has 0 fully saturated rings. The highest BCUT2D eigenvalue weighted by molar-refractivity contribution is 5.97. The SMILES string of the molecule is Cc1ccc(/C=C/C(=O)NNC(=O)c2ccc(-n3cnnn3)cc2)o1. The highest BCUT2D eigenvalue weighted by Gasteiger charge is 2.07. The molecule has 0 saturated heterocycles. The van der Waals surface area contributed by atoms with Crippen LogP contribution in [-0.2, 0) is 4.79 Å². The second-order valence-electron chi connectivity index (χ2n) is 5.03. The van der Waals surface area contributed by atoms with Gasteiger partial charge in [-0.15, -0.1) is 5.10 Å². The molecular formula is C16H14N6O3. The zero-order valence-electron chi connectivity index (χ0n) is 13.2. The van der Waals surface area contributed by atoms with E-state index in [0.29, 0.717) is 17.0 Å². The Morgan fingerprint density at radius 1 is 1.12 bits per heavy atom. The molecule has 0 aliphatic rings. The lowest BCUT2D eigenvalue weighted by atomic mass is 10.2. The minimum absolute atomic E-state index is 0.378. The number of tetrazole rings is 1. The molecule has 0 unspecified atom stereocenters. The fourth-order valence-electron chi connectivity index (χ4n) is 1.98. The van der Waals surface area contributed by atoms with Gasteiger partial charge < -0.3 is 4.42 Å². The molecule has 2 amide bonds. The van der Waals surface area contributed by atoms with E-state index in [0.717, 1.165) is 5.76 Å². The number of amides is 2. The van der Waals surface area contributed by atoms with Crippen LogP contribution in [-0.4, -0.2) is 32.0 Å². The summed E-state index contributed by atoms with van der Waals surface area (Å²) < 4.78 is 6.76. The number of hydrogen-bond donors (Lipinski definition) is 2. The maximum Gasteiger partial charge on any atom is 0.269 e. The molecule has 0 aliphatic heterocycles. The van der Waals surface area contributed by atoms with Crippen LogP contribution in [0, 0.1) is 6.92 Å². The van der Waals surface area contributed by atoms with Gasteiger partial charge in [-0.2, -0.15) is 0 Å². The van der Waals surface area contributed by atoms with Crippen molar-refractivity contribution in [3.63, 3.8) is 0 Å². The Kier molecular flexibility index (Phi) is 4.65. The second-order valence-corrected chi connectivity index (χ2v) is 5.03. The Labute approximate surface area is 142 Å². The van der Waals surface area contributed by atoms with Crippen LogP contribution in [0.15, 0.2) is 53.2 Å². The average molecular weight is 338 g/mol. The Morgan fingerprint density at radius 2 is 1.92 bits per heavy atom. The third-order valence-corrected chi connectivity index (χ3v) is 3.20. The topological polar surface area (TPSA) is 115 Å². The summed E-state index contributed by atoms with van der Waals surface area (Å²) >= 11 is 0. The quantitative estimate of drug-likeness (QED) is 0.542. The maximum atomic E-state index is 12.0. The number of furan rings is 1. The summed E-state index contributed by atoms with van der Waals surface area (Å²) in [6, 6.07) is 10.1. The van der Waals surface area contributed by atoms with Crippen LogP contribution in [0.25, 0.3) is 11.8 Å². The van der Waals surface area contributed by atoms with E-state index in [1.807, 2.05) is 6.92 Å². The third kappa shape index (κ3) is 4.16. The van der Waals surface area contributed by atoms with Crippen LogP contribution >= 0.6 is 0 Å². The number of nitrogens with one attached hydrogen (secondary N) is 2. The van der Waals surface area contributed by atoms with Crippen molar-refractivity contribution >= 4 is 17.9 Å². The summed E-state index contributed by atoms with van der Waals surface area (Å²) in [5, 5.41) is 10.8. The Hall–Kier alpha value is -3.75. The van der Waals surface area contributed by atoms with Crippen LogP contribution in [0.1, 0.15) is 21.9 Å². The lowest BCUT2D eigenvalue weighted by Gasteiger charge is -2.06. The summed E-state index contributed by atoms with van der Waals surface area (Å²) in [7, 11) is 0. The van der Waals surface area contributed by atoms with Crippen molar-refractivity contribution in [2.75, 3.05) is 0 Å².